The largest absolute Gasteiger partial charge is 0.493 e. The molecule has 0 aliphatic rings. The van der Waals surface area contributed by atoms with Gasteiger partial charge in [-0.15, -0.1) is 0 Å². The molecule has 106 valence electrons. The number of aromatic nitrogens is 1. The minimum absolute atomic E-state index is 0.434. The van der Waals surface area contributed by atoms with Crippen LogP contribution in [0.15, 0.2) is 36.5 Å². The first-order chi connectivity index (χ1) is 9.76. The van der Waals surface area contributed by atoms with E-state index in [4.69, 9.17) is 9.47 Å². The monoisotopic (exact) mass is 272 g/mol. The van der Waals surface area contributed by atoms with E-state index in [1.165, 1.54) is 0 Å². The van der Waals surface area contributed by atoms with Gasteiger partial charge in [-0.25, -0.2) is 0 Å². The number of rotatable bonds is 6. The Hall–Kier alpha value is -2.07. The summed E-state index contributed by atoms with van der Waals surface area (Å²) in [7, 11) is 3.56. The SMILES string of the molecule is CNCc1cccc(OC)c1OCc1ncccc1C. The summed E-state index contributed by atoms with van der Waals surface area (Å²) in [6, 6.07) is 9.85. The molecule has 0 amide bonds. The number of pyridine rings is 1. The number of ether oxygens (including phenoxy) is 2. The van der Waals surface area contributed by atoms with Crippen LogP contribution in [0.3, 0.4) is 0 Å². The normalized spacial score (nSPS) is 10.3. The molecule has 4 heteroatoms. The van der Waals surface area contributed by atoms with Gasteiger partial charge in [0.05, 0.1) is 12.8 Å². The lowest BCUT2D eigenvalue weighted by Crippen LogP contribution is -2.09. The van der Waals surface area contributed by atoms with Gasteiger partial charge in [0.2, 0.25) is 0 Å². The lowest BCUT2D eigenvalue weighted by molar-refractivity contribution is 0.276. The standard InChI is InChI=1S/C16H20N2O2/c1-12-6-5-9-18-14(12)11-20-16-13(10-17-2)7-4-8-15(16)19-3/h4-9,17H,10-11H2,1-3H3. The highest BCUT2D eigenvalue weighted by Crippen LogP contribution is 2.31. The van der Waals surface area contributed by atoms with Crippen LogP contribution in [0.1, 0.15) is 16.8 Å². The van der Waals surface area contributed by atoms with E-state index < -0.39 is 0 Å². The summed E-state index contributed by atoms with van der Waals surface area (Å²) < 4.78 is 11.3. The number of nitrogens with zero attached hydrogens (tertiary/aromatic N) is 1. The van der Waals surface area contributed by atoms with E-state index in [1.54, 1.807) is 13.3 Å². The van der Waals surface area contributed by atoms with Gasteiger partial charge in [-0.2, -0.15) is 0 Å². The fourth-order valence-electron chi connectivity index (χ4n) is 2.03. The second-order valence-electron chi connectivity index (χ2n) is 4.53. The van der Waals surface area contributed by atoms with E-state index >= 15 is 0 Å². The maximum Gasteiger partial charge on any atom is 0.166 e. The first kappa shape index (κ1) is 14.3. The number of nitrogens with one attached hydrogen (secondary N) is 1. The fourth-order valence-corrected chi connectivity index (χ4v) is 2.03. The molecule has 1 aromatic carbocycles. The van der Waals surface area contributed by atoms with Gasteiger partial charge in [-0.05, 0) is 31.7 Å². The molecule has 1 heterocycles. The molecule has 1 aromatic heterocycles. The molecule has 0 aliphatic heterocycles. The summed E-state index contributed by atoms with van der Waals surface area (Å²) in [6.45, 7) is 3.19. The van der Waals surface area contributed by atoms with Crippen molar-refractivity contribution in [3.63, 3.8) is 0 Å². The molecule has 20 heavy (non-hydrogen) atoms. The van der Waals surface area contributed by atoms with Crippen molar-refractivity contribution in [1.29, 1.82) is 0 Å². The third kappa shape index (κ3) is 3.27. The minimum atomic E-state index is 0.434. The fraction of sp³-hybridized carbons (Fsp3) is 0.312. The lowest BCUT2D eigenvalue weighted by atomic mass is 10.2. The van der Waals surface area contributed by atoms with Crippen molar-refractivity contribution >= 4 is 0 Å². The van der Waals surface area contributed by atoms with Gasteiger partial charge in [-0.3, -0.25) is 4.98 Å². The summed E-state index contributed by atoms with van der Waals surface area (Å²) in [5.41, 5.74) is 3.13. The highest BCUT2D eigenvalue weighted by atomic mass is 16.5. The first-order valence-electron chi connectivity index (χ1n) is 6.60. The molecule has 2 aromatic rings. The van der Waals surface area contributed by atoms with Crippen LogP contribution in [0.5, 0.6) is 11.5 Å². The number of hydrogen-bond acceptors (Lipinski definition) is 4. The molecule has 4 nitrogen and oxygen atoms in total. The van der Waals surface area contributed by atoms with Gasteiger partial charge in [0.1, 0.15) is 6.61 Å². The maximum absolute atomic E-state index is 5.95. The van der Waals surface area contributed by atoms with Gasteiger partial charge >= 0.3 is 0 Å². The Kier molecular flexibility index (Phi) is 4.96. The van der Waals surface area contributed by atoms with E-state index in [0.717, 1.165) is 34.9 Å². The van der Waals surface area contributed by atoms with E-state index in [9.17, 15) is 0 Å². The predicted octanol–water partition coefficient (Wildman–Crippen LogP) is 2.70. The Balaban J connectivity index is 2.21. The molecule has 0 unspecified atom stereocenters. The topological polar surface area (TPSA) is 43.4 Å². The van der Waals surface area contributed by atoms with Crippen LogP contribution in [0.2, 0.25) is 0 Å². The number of methoxy groups -OCH3 is 1. The number of hydrogen-bond donors (Lipinski definition) is 1. The molecular formula is C16H20N2O2. The third-order valence-electron chi connectivity index (χ3n) is 3.12. The molecule has 2 rings (SSSR count). The maximum atomic E-state index is 5.95. The second kappa shape index (κ2) is 6.91. The lowest BCUT2D eigenvalue weighted by Gasteiger charge is -2.15. The molecular weight excluding hydrogens is 252 g/mol. The molecule has 1 N–H and O–H groups in total. The predicted molar refractivity (Wildman–Crippen MR) is 79.1 cm³/mol. The Morgan fingerprint density at radius 2 is 2.05 bits per heavy atom. The van der Waals surface area contributed by atoms with Crippen LogP contribution >= 0.6 is 0 Å². The number of aryl methyl sites for hydroxylation is 1. The zero-order valence-electron chi connectivity index (χ0n) is 12.1. The Morgan fingerprint density at radius 3 is 2.75 bits per heavy atom. The minimum Gasteiger partial charge on any atom is -0.493 e. The summed E-state index contributed by atoms with van der Waals surface area (Å²) in [5.74, 6) is 1.51. The van der Waals surface area contributed by atoms with E-state index in [-0.39, 0.29) is 0 Å². The van der Waals surface area contributed by atoms with Gasteiger partial charge in [0.25, 0.3) is 0 Å². The molecule has 0 saturated heterocycles. The zero-order chi connectivity index (χ0) is 14.4. The molecule has 0 spiro atoms. The highest BCUT2D eigenvalue weighted by molar-refractivity contribution is 5.46. The molecule has 0 saturated carbocycles. The Labute approximate surface area is 119 Å². The average molecular weight is 272 g/mol. The average Bonchev–Trinajstić information content (AvgIpc) is 2.47. The first-order valence-corrected chi connectivity index (χ1v) is 6.60. The van der Waals surface area contributed by atoms with E-state index in [2.05, 4.69) is 10.3 Å². The molecule has 0 radical (unpaired) electrons. The van der Waals surface area contributed by atoms with Crippen molar-refractivity contribution in [2.45, 2.75) is 20.1 Å². The smallest absolute Gasteiger partial charge is 0.166 e. The summed E-state index contributed by atoms with van der Waals surface area (Å²) >= 11 is 0. The van der Waals surface area contributed by atoms with Crippen molar-refractivity contribution in [2.24, 2.45) is 0 Å². The number of para-hydroxylation sites is 1. The van der Waals surface area contributed by atoms with Crippen molar-refractivity contribution in [3.05, 3.63) is 53.3 Å². The van der Waals surface area contributed by atoms with Gasteiger partial charge in [0.15, 0.2) is 11.5 Å². The van der Waals surface area contributed by atoms with Crippen molar-refractivity contribution < 1.29 is 9.47 Å². The van der Waals surface area contributed by atoms with Crippen LogP contribution in [-0.4, -0.2) is 19.1 Å². The number of benzene rings is 1. The second-order valence-corrected chi connectivity index (χ2v) is 4.53. The summed E-state index contributed by atoms with van der Waals surface area (Å²) in [4.78, 5) is 4.34. The molecule has 0 fully saturated rings. The zero-order valence-corrected chi connectivity index (χ0v) is 12.1. The van der Waals surface area contributed by atoms with Crippen LogP contribution < -0.4 is 14.8 Å². The van der Waals surface area contributed by atoms with Gasteiger partial charge in [-0.1, -0.05) is 18.2 Å². The van der Waals surface area contributed by atoms with Crippen LogP contribution in [0, 0.1) is 6.92 Å². The third-order valence-corrected chi connectivity index (χ3v) is 3.12. The van der Waals surface area contributed by atoms with Crippen molar-refractivity contribution in [1.82, 2.24) is 10.3 Å². The van der Waals surface area contributed by atoms with E-state index in [1.807, 2.05) is 44.3 Å². The van der Waals surface area contributed by atoms with Crippen LogP contribution in [-0.2, 0) is 13.2 Å². The van der Waals surface area contributed by atoms with Crippen molar-refractivity contribution in [3.8, 4) is 11.5 Å². The summed E-state index contributed by atoms with van der Waals surface area (Å²) in [6.07, 6.45) is 1.78. The van der Waals surface area contributed by atoms with Crippen LogP contribution in [0.4, 0.5) is 0 Å². The quantitative estimate of drug-likeness (QED) is 0.878. The van der Waals surface area contributed by atoms with E-state index in [0.29, 0.717) is 6.61 Å². The van der Waals surface area contributed by atoms with Crippen molar-refractivity contribution in [2.75, 3.05) is 14.2 Å². The molecule has 0 atom stereocenters. The molecule has 0 aliphatic carbocycles. The Morgan fingerprint density at radius 1 is 1.20 bits per heavy atom. The Bertz CT molecular complexity index is 570. The van der Waals surface area contributed by atoms with Gasteiger partial charge in [0, 0.05) is 18.3 Å². The molecule has 0 bridgehead atoms. The van der Waals surface area contributed by atoms with Gasteiger partial charge < -0.3 is 14.8 Å². The van der Waals surface area contributed by atoms with Crippen LogP contribution in [0.25, 0.3) is 0 Å². The highest BCUT2D eigenvalue weighted by Gasteiger charge is 2.11. The summed E-state index contributed by atoms with van der Waals surface area (Å²) in [5, 5.41) is 3.13.